The third-order valence-electron chi connectivity index (χ3n) is 4.19. The van der Waals surface area contributed by atoms with Crippen LogP contribution in [0.5, 0.6) is 0 Å². The molecule has 0 amide bonds. The van der Waals surface area contributed by atoms with Crippen LogP contribution in [-0.4, -0.2) is 24.5 Å². The van der Waals surface area contributed by atoms with Crippen molar-refractivity contribution in [1.82, 2.24) is 4.90 Å². The van der Waals surface area contributed by atoms with Gasteiger partial charge in [-0.05, 0) is 50.1 Å². The fraction of sp³-hybridized carbons (Fsp3) is 1.00. The van der Waals surface area contributed by atoms with Crippen molar-refractivity contribution in [3.05, 3.63) is 0 Å². The molecule has 1 fully saturated rings. The van der Waals surface area contributed by atoms with E-state index in [9.17, 15) is 0 Å². The third-order valence-corrected chi connectivity index (χ3v) is 4.19. The topological polar surface area (TPSA) is 3.24 Å². The molecular weight excluding hydrogens is 182 g/mol. The van der Waals surface area contributed by atoms with E-state index >= 15 is 0 Å². The van der Waals surface area contributed by atoms with Crippen molar-refractivity contribution in [1.29, 1.82) is 0 Å². The molecule has 0 N–H and O–H groups in total. The van der Waals surface area contributed by atoms with Gasteiger partial charge in [0.05, 0.1) is 0 Å². The van der Waals surface area contributed by atoms with Crippen molar-refractivity contribution in [3.8, 4) is 0 Å². The second-order valence-corrected chi connectivity index (χ2v) is 5.71. The second-order valence-electron chi connectivity index (χ2n) is 5.71. The van der Waals surface area contributed by atoms with Crippen molar-refractivity contribution >= 4 is 0 Å². The first-order valence-electron chi connectivity index (χ1n) is 6.85. The highest BCUT2D eigenvalue weighted by Gasteiger charge is 2.19. The van der Waals surface area contributed by atoms with Crippen LogP contribution >= 0.6 is 0 Å². The molecule has 1 aliphatic rings. The molecule has 3 atom stereocenters. The number of rotatable bonds is 6. The summed E-state index contributed by atoms with van der Waals surface area (Å²) in [6.45, 7) is 13.6. The maximum Gasteiger partial charge on any atom is 0.000956 e. The fourth-order valence-electron chi connectivity index (χ4n) is 2.59. The van der Waals surface area contributed by atoms with Gasteiger partial charge in [0.2, 0.25) is 0 Å². The van der Waals surface area contributed by atoms with Gasteiger partial charge in [-0.15, -0.1) is 0 Å². The summed E-state index contributed by atoms with van der Waals surface area (Å²) >= 11 is 0. The molecule has 0 aromatic carbocycles. The van der Waals surface area contributed by atoms with Crippen LogP contribution in [0.2, 0.25) is 0 Å². The zero-order valence-corrected chi connectivity index (χ0v) is 11.1. The lowest BCUT2D eigenvalue weighted by Gasteiger charge is -2.26. The molecule has 15 heavy (non-hydrogen) atoms. The maximum atomic E-state index is 2.65. The van der Waals surface area contributed by atoms with Crippen LogP contribution in [0.1, 0.15) is 53.4 Å². The lowest BCUT2D eigenvalue weighted by atomic mass is 9.86. The van der Waals surface area contributed by atoms with Crippen molar-refractivity contribution in [3.63, 3.8) is 0 Å². The zero-order valence-electron chi connectivity index (χ0n) is 11.1. The molecular formula is C14H29N. The van der Waals surface area contributed by atoms with E-state index in [2.05, 4.69) is 32.6 Å². The molecule has 0 spiro atoms. The first-order valence-corrected chi connectivity index (χ1v) is 6.85. The highest BCUT2D eigenvalue weighted by Crippen LogP contribution is 2.23. The van der Waals surface area contributed by atoms with E-state index in [4.69, 9.17) is 0 Å². The van der Waals surface area contributed by atoms with E-state index in [0.29, 0.717) is 0 Å². The quantitative estimate of drug-likeness (QED) is 0.646. The molecule has 1 rings (SSSR count). The van der Waals surface area contributed by atoms with Gasteiger partial charge in [0.15, 0.2) is 0 Å². The van der Waals surface area contributed by atoms with Gasteiger partial charge in [0.25, 0.3) is 0 Å². The first kappa shape index (κ1) is 13.0. The fourth-order valence-corrected chi connectivity index (χ4v) is 2.59. The van der Waals surface area contributed by atoms with Gasteiger partial charge in [-0.25, -0.2) is 0 Å². The van der Waals surface area contributed by atoms with Crippen LogP contribution in [0.4, 0.5) is 0 Å². The summed E-state index contributed by atoms with van der Waals surface area (Å²) in [7, 11) is 0. The van der Waals surface area contributed by atoms with Crippen molar-refractivity contribution in [2.24, 2.45) is 17.8 Å². The monoisotopic (exact) mass is 211 g/mol. The maximum absolute atomic E-state index is 2.65. The van der Waals surface area contributed by atoms with E-state index in [-0.39, 0.29) is 0 Å². The molecule has 0 bridgehead atoms. The summed E-state index contributed by atoms with van der Waals surface area (Å²) < 4.78 is 0. The Bertz CT molecular complexity index is 161. The largest absolute Gasteiger partial charge is 0.303 e. The van der Waals surface area contributed by atoms with Crippen LogP contribution in [0.15, 0.2) is 0 Å². The van der Waals surface area contributed by atoms with Crippen LogP contribution < -0.4 is 0 Å². The first-order chi connectivity index (χ1) is 7.13. The smallest absolute Gasteiger partial charge is 0.000956 e. The molecule has 1 aliphatic heterocycles. The summed E-state index contributed by atoms with van der Waals surface area (Å²) in [5.74, 6) is 2.67. The minimum atomic E-state index is 0.872. The Labute approximate surface area is 96.2 Å². The van der Waals surface area contributed by atoms with Gasteiger partial charge in [0, 0.05) is 6.54 Å². The van der Waals surface area contributed by atoms with Crippen molar-refractivity contribution in [2.45, 2.75) is 53.4 Å². The minimum absolute atomic E-state index is 0.872. The second kappa shape index (κ2) is 6.52. The highest BCUT2D eigenvalue weighted by molar-refractivity contribution is 4.72. The Kier molecular flexibility index (Phi) is 5.66. The van der Waals surface area contributed by atoms with E-state index in [1.807, 2.05) is 0 Å². The Hall–Kier alpha value is -0.0400. The van der Waals surface area contributed by atoms with Crippen LogP contribution in [-0.2, 0) is 0 Å². The van der Waals surface area contributed by atoms with Gasteiger partial charge in [0.1, 0.15) is 0 Å². The summed E-state index contributed by atoms with van der Waals surface area (Å²) in [4.78, 5) is 2.65. The van der Waals surface area contributed by atoms with Crippen LogP contribution in [0.25, 0.3) is 0 Å². The predicted octanol–water partition coefficient (Wildman–Crippen LogP) is 3.79. The minimum Gasteiger partial charge on any atom is -0.303 e. The lowest BCUT2D eigenvalue weighted by Crippen LogP contribution is -2.29. The number of nitrogens with zero attached hydrogens (tertiary/aromatic N) is 1. The number of hydrogen-bond donors (Lipinski definition) is 0. The van der Waals surface area contributed by atoms with E-state index in [1.165, 1.54) is 45.3 Å². The molecule has 0 aromatic rings. The SMILES string of the molecule is CCC(C)CC(C)C(C)CN1CCCC1. The highest BCUT2D eigenvalue weighted by atomic mass is 15.1. The molecule has 3 unspecified atom stereocenters. The Balaban J connectivity index is 2.22. The van der Waals surface area contributed by atoms with Crippen LogP contribution in [0, 0.1) is 17.8 Å². The standard InChI is InChI=1S/C14H29N/c1-5-12(2)10-13(3)14(4)11-15-8-6-7-9-15/h12-14H,5-11H2,1-4H3. The summed E-state index contributed by atoms with van der Waals surface area (Å²) in [6.07, 6.45) is 5.59. The average Bonchev–Trinajstić information content (AvgIpc) is 2.70. The van der Waals surface area contributed by atoms with Crippen molar-refractivity contribution in [2.75, 3.05) is 19.6 Å². The normalized spacial score (nSPS) is 24.0. The van der Waals surface area contributed by atoms with Crippen molar-refractivity contribution < 1.29 is 0 Å². The van der Waals surface area contributed by atoms with Gasteiger partial charge < -0.3 is 4.90 Å². The average molecular weight is 211 g/mol. The molecule has 1 heteroatoms. The molecule has 1 nitrogen and oxygen atoms in total. The number of likely N-dealkylation sites (tertiary alicyclic amines) is 1. The summed E-state index contributed by atoms with van der Waals surface area (Å²) in [5, 5.41) is 0. The third kappa shape index (κ3) is 4.55. The molecule has 1 heterocycles. The predicted molar refractivity (Wildman–Crippen MR) is 68.1 cm³/mol. The molecule has 0 aromatic heterocycles. The molecule has 0 aliphatic carbocycles. The summed E-state index contributed by atoms with van der Waals surface area (Å²) in [5.41, 5.74) is 0. The van der Waals surface area contributed by atoms with E-state index < -0.39 is 0 Å². The lowest BCUT2D eigenvalue weighted by molar-refractivity contribution is 0.219. The van der Waals surface area contributed by atoms with E-state index in [1.54, 1.807) is 0 Å². The number of hydrogen-bond acceptors (Lipinski definition) is 1. The molecule has 0 radical (unpaired) electrons. The summed E-state index contributed by atoms with van der Waals surface area (Å²) in [6, 6.07) is 0. The van der Waals surface area contributed by atoms with Gasteiger partial charge in [-0.2, -0.15) is 0 Å². The zero-order chi connectivity index (χ0) is 11.3. The van der Waals surface area contributed by atoms with E-state index in [0.717, 1.165) is 17.8 Å². The molecule has 0 saturated carbocycles. The molecule has 1 saturated heterocycles. The van der Waals surface area contributed by atoms with Gasteiger partial charge >= 0.3 is 0 Å². The Morgan fingerprint density at radius 1 is 1.00 bits per heavy atom. The van der Waals surface area contributed by atoms with Gasteiger partial charge in [-0.1, -0.05) is 34.1 Å². The Morgan fingerprint density at radius 2 is 1.60 bits per heavy atom. The molecule has 90 valence electrons. The van der Waals surface area contributed by atoms with Gasteiger partial charge in [-0.3, -0.25) is 0 Å². The Morgan fingerprint density at radius 3 is 2.13 bits per heavy atom. The van der Waals surface area contributed by atoms with Crippen LogP contribution in [0.3, 0.4) is 0 Å².